The van der Waals surface area contributed by atoms with E-state index in [9.17, 15) is 0 Å². The maximum absolute atomic E-state index is 3.66. The Balaban J connectivity index is 1.75. The van der Waals surface area contributed by atoms with Crippen LogP contribution < -0.4 is 5.32 Å². The van der Waals surface area contributed by atoms with Crippen LogP contribution >= 0.6 is 0 Å². The third-order valence-electron chi connectivity index (χ3n) is 5.95. The second kappa shape index (κ2) is 8.29. The van der Waals surface area contributed by atoms with Gasteiger partial charge in [0.25, 0.3) is 0 Å². The Morgan fingerprint density at radius 3 is 2.37 bits per heavy atom. The first kappa shape index (κ1) is 15.4. The summed E-state index contributed by atoms with van der Waals surface area (Å²) in [5.41, 5.74) is 0. The predicted octanol–water partition coefficient (Wildman–Crippen LogP) is 5.15. The van der Waals surface area contributed by atoms with Crippen LogP contribution in [-0.2, 0) is 0 Å². The summed E-state index contributed by atoms with van der Waals surface area (Å²) in [6.07, 6.45) is 17.8. The van der Waals surface area contributed by atoms with Crippen molar-refractivity contribution in [2.45, 2.75) is 90.0 Å². The van der Waals surface area contributed by atoms with Gasteiger partial charge in [0.1, 0.15) is 0 Å². The number of rotatable bonds is 6. The quantitative estimate of drug-likeness (QED) is 0.700. The third kappa shape index (κ3) is 4.77. The van der Waals surface area contributed by atoms with Crippen LogP contribution in [0.3, 0.4) is 0 Å². The molecule has 112 valence electrons. The molecule has 2 fully saturated rings. The van der Waals surface area contributed by atoms with Crippen LogP contribution in [0.5, 0.6) is 0 Å². The fraction of sp³-hybridized carbons (Fsp3) is 1.00. The molecular weight excluding hydrogens is 230 g/mol. The maximum Gasteiger partial charge on any atom is 0.00925 e. The van der Waals surface area contributed by atoms with Gasteiger partial charge in [0.05, 0.1) is 0 Å². The summed E-state index contributed by atoms with van der Waals surface area (Å²) in [7, 11) is 2.20. The van der Waals surface area contributed by atoms with E-state index in [4.69, 9.17) is 0 Å². The molecule has 1 nitrogen and oxygen atoms in total. The molecule has 0 bridgehead atoms. The van der Waals surface area contributed by atoms with Crippen molar-refractivity contribution < 1.29 is 0 Å². The zero-order chi connectivity index (χ0) is 13.5. The van der Waals surface area contributed by atoms with E-state index in [1.807, 2.05) is 0 Å². The van der Waals surface area contributed by atoms with Crippen LogP contribution in [0, 0.1) is 17.8 Å². The van der Waals surface area contributed by atoms with Gasteiger partial charge in [-0.05, 0) is 50.5 Å². The van der Waals surface area contributed by atoms with Gasteiger partial charge in [0, 0.05) is 6.04 Å². The van der Waals surface area contributed by atoms with Crippen LogP contribution in [0.15, 0.2) is 0 Å². The Kier molecular flexibility index (Phi) is 6.70. The van der Waals surface area contributed by atoms with Gasteiger partial charge in [-0.25, -0.2) is 0 Å². The Morgan fingerprint density at radius 1 is 0.947 bits per heavy atom. The van der Waals surface area contributed by atoms with Gasteiger partial charge in [0.15, 0.2) is 0 Å². The van der Waals surface area contributed by atoms with Gasteiger partial charge in [-0.1, -0.05) is 58.3 Å². The van der Waals surface area contributed by atoms with E-state index in [1.165, 1.54) is 77.0 Å². The highest BCUT2D eigenvalue weighted by atomic mass is 14.9. The molecule has 0 heterocycles. The average molecular weight is 265 g/mol. The Morgan fingerprint density at radius 2 is 1.68 bits per heavy atom. The smallest absolute Gasteiger partial charge is 0.00925 e. The summed E-state index contributed by atoms with van der Waals surface area (Å²) in [6.45, 7) is 2.38. The minimum atomic E-state index is 0.802. The molecular formula is C18H35N. The zero-order valence-corrected chi connectivity index (χ0v) is 13.3. The first-order chi connectivity index (χ1) is 9.33. The third-order valence-corrected chi connectivity index (χ3v) is 5.95. The van der Waals surface area contributed by atoms with Crippen molar-refractivity contribution in [1.29, 1.82) is 0 Å². The van der Waals surface area contributed by atoms with Gasteiger partial charge >= 0.3 is 0 Å². The number of hydrogen-bond acceptors (Lipinski definition) is 1. The van der Waals surface area contributed by atoms with Gasteiger partial charge in [0.2, 0.25) is 0 Å². The molecule has 1 heteroatoms. The van der Waals surface area contributed by atoms with Crippen molar-refractivity contribution >= 4 is 0 Å². The molecule has 3 atom stereocenters. The van der Waals surface area contributed by atoms with Crippen molar-refractivity contribution in [3.8, 4) is 0 Å². The molecule has 0 aromatic carbocycles. The minimum absolute atomic E-state index is 0.802. The lowest BCUT2D eigenvalue weighted by Crippen LogP contribution is -2.37. The molecule has 3 unspecified atom stereocenters. The highest BCUT2D eigenvalue weighted by Gasteiger charge is 2.27. The monoisotopic (exact) mass is 265 g/mol. The standard InChI is InChI=1S/C18H35N/c1-3-15-10-7-11-17(14-15)18(19-2)13-12-16-8-5-4-6-9-16/h15-19H,3-14H2,1-2H3. The molecule has 0 aliphatic heterocycles. The highest BCUT2D eigenvalue weighted by Crippen LogP contribution is 2.35. The largest absolute Gasteiger partial charge is 0.317 e. The van der Waals surface area contributed by atoms with E-state index in [0.29, 0.717) is 0 Å². The van der Waals surface area contributed by atoms with E-state index in [0.717, 1.165) is 23.8 Å². The molecule has 0 saturated heterocycles. The van der Waals surface area contributed by atoms with E-state index in [2.05, 4.69) is 19.3 Å². The van der Waals surface area contributed by atoms with Crippen molar-refractivity contribution in [3.05, 3.63) is 0 Å². The summed E-state index contributed by atoms with van der Waals surface area (Å²) in [5, 5.41) is 3.66. The summed E-state index contributed by atoms with van der Waals surface area (Å²) < 4.78 is 0. The van der Waals surface area contributed by atoms with E-state index < -0.39 is 0 Å². The van der Waals surface area contributed by atoms with Crippen LogP contribution in [0.4, 0.5) is 0 Å². The van der Waals surface area contributed by atoms with Crippen LogP contribution in [0.1, 0.15) is 84.0 Å². The molecule has 0 aromatic heterocycles. The van der Waals surface area contributed by atoms with E-state index >= 15 is 0 Å². The van der Waals surface area contributed by atoms with Gasteiger partial charge in [-0.2, -0.15) is 0 Å². The number of hydrogen-bond donors (Lipinski definition) is 1. The average Bonchev–Trinajstić information content (AvgIpc) is 2.49. The Hall–Kier alpha value is -0.0400. The van der Waals surface area contributed by atoms with Crippen LogP contribution in [0.2, 0.25) is 0 Å². The number of nitrogens with one attached hydrogen (secondary N) is 1. The highest BCUT2D eigenvalue weighted by molar-refractivity contribution is 4.82. The summed E-state index contributed by atoms with van der Waals surface area (Å²) in [4.78, 5) is 0. The van der Waals surface area contributed by atoms with E-state index in [1.54, 1.807) is 0 Å². The predicted molar refractivity (Wildman–Crippen MR) is 84.4 cm³/mol. The molecule has 2 aliphatic carbocycles. The molecule has 0 aromatic rings. The normalized spacial score (nSPS) is 31.3. The molecule has 2 rings (SSSR count). The molecule has 0 spiro atoms. The molecule has 0 amide bonds. The summed E-state index contributed by atoms with van der Waals surface area (Å²) in [5.74, 6) is 3.03. The molecule has 2 saturated carbocycles. The Bertz CT molecular complexity index is 232. The van der Waals surface area contributed by atoms with Gasteiger partial charge in [-0.3, -0.25) is 0 Å². The summed E-state index contributed by atoms with van der Waals surface area (Å²) in [6, 6.07) is 0.802. The lowest BCUT2D eigenvalue weighted by molar-refractivity contribution is 0.196. The van der Waals surface area contributed by atoms with Crippen LogP contribution in [-0.4, -0.2) is 13.1 Å². The van der Waals surface area contributed by atoms with Gasteiger partial charge < -0.3 is 5.32 Å². The first-order valence-electron chi connectivity index (χ1n) is 9.00. The molecule has 2 aliphatic rings. The molecule has 0 radical (unpaired) electrons. The second-order valence-corrected chi connectivity index (χ2v) is 7.18. The molecule has 19 heavy (non-hydrogen) atoms. The fourth-order valence-corrected chi connectivity index (χ4v) is 4.58. The van der Waals surface area contributed by atoms with Crippen molar-refractivity contribution in [2.24, 2.45) is 17.8 Å². The van der Waals surface area contributed by atoms with Gasteiger partial charge in [-0.15, -0.1) is 0 Å². The lowest BCUT2D eigenvalue weighted by atomic mass is 9.75. The summed E-state index contributed by atoms with van der Waals surface area (Å²) >= 11 is 0. The minimum Gasteiger partial charge on any atom is -0.317 e. The fourth-order valence-electron chi connectivity index (χ4n) is 4.58. The zero-order valence-electron chi connectivity index (χ0n) is 13.3. The molecule has 1 N–H and O–H groups in total. The van der Waals surface area contributed by atoms with Crippen molar-refractivity contribution in [1.82, 2.24) is 5.32 Å². The van der Waals surface area contributed by atoms with Crippen LogP contribution in [0.25, 0.3) is 0 Å². The SMILES string of the molecule is CCC1CCCC(C(CCC2CCCCC2)NC)C1. The first-order valence-corrected chi connectivity index (χ1v) is 9.00. The topological polar surface area (TPSA) is 12.0 Å². The van der Waals surface area contributed by atoms with E-state index in [-0.39, 0.29) is 0 Å². The van der Waals surface area contributed by atoms with Crippen molar-refractivity contribution in [3.63, 3.8) is 0 Å². The van der Waals surface area contributed by atoms with Crippen molar-refractivity contribution in [2.75, 3.05) is 7.05 Å². The second-order valence-electron chi connectivity index (χ2n) is 7.18. The Labute approximate surface area is 120 Å². The maximum atomic E-state index is 3.66. The lowest BCUT2D eigenvalue weighted by Gasteiger charge is -2.35.